The van der Waals surface area contributed by atoms with E-state index in [4.69, 9.17) is 24.3 Å². The summed E-state index contributed by atoms with van der Waals surface area (Å²) < 4.78 is 32.2. The molecule has 10 heteroatoms. The molecule has 0 aliphatic carbocycles. The van der Waals surface area contributed by atoms with Crippen LogP contribution in [-0.4, -0.2) is 49.3 Å². The quantitative estimate of drug-likeness (QED) is 0.0433. The summed E-state index contributed by atoms with van der Waals surface area (Å²) >= 11 is 0. The summed E-state index contributed by atoms with van der Waals surface area (Å²) in [6.45, 7) is 3.38. The maximum absolute atomic E-state index is 12.4. The van der Waals surface area contributed by atoms with Crippen molar-refractivity contribution in [3.8, 4) is 0 Å². The van der Waals surface area contributed by atoms with Crippen LogP contribution in [0.25, 0.3) is 0 Å². The van der Waals surface area contributed by atoms with Crippen molar-refractivity contribution >= 4 is 19.8 Å². The minimum absolute atomic E-state index is 0.0374. The lowest BCUT2D eigenvalue weighted by Crippen LogP contribution is -2.29. The largest absolute Gasteiger partial charge is 0.472 e. The summed E-state index contributed by atoms with van der Waals surface area (Å²) in [6, 6.07) is 0. The average Bonchev–Trinajstić information content (AvgIpc) is 2.95. The zero-order valence-corrected chi connectivity index (χ0v) is 26.1. The van der Waals surface area contributed by atoms with Gasteiger partial charge in [0.1, 0.15) is 6.61 Å². The van der Waals surface area contributed by atoms with E-state index in [1.807, 2.05) is 24.3 Å². The van der Waals surface area contributed by atoms with Crippen molar-refractivity contribution in [3.05, 3.63) is 48.6 Å². The van der Waals surface area contributed by atoms with Crippen LogP contribution in [0.1, 0.15) is 104 Å². The Balaban J connectivity index is 4.49. The van der Waals surface area contributed by atoms with E-state index in [9.17, 15) is 19.0 Å². The Hall–Kier alpha value is -2.03. The number of carbonyl (C=O) groups excluding carboxylic acids is 2. The maximum Gasteiger partial charge on any atom is 0.472 e. The number of phosphoric acid groups is 1. The van der Waals surface area contributed by atoms with E-state index in [-0.39, 0.29) is 32.6 Å². The maximum atomic E-state index is 12.4. The number of rotatable bonds is 27. The van der Waals surface area contributed by atoms with Crippen molar-refractivity contribution in [3.63, 3.8) is 0 Å². The minimum atomic E-state index is -4.38. The van der Waals surface area contributed by atoms with Crippen molar-refractivity contribution in [2.24, 2.45) is 5.73 Å². The van der Waals surface area contributed by atoms with Gasteiger partial charge in [0.15, 0.2) is 6.10 Å². The van der Waals surface area contributed by atoms with Crippen LogP contribution in [0.5, 0.6) is 0 Å². The van der Waals surface area contributed by atoms with E-state index >= 15 is 0 Å². The Labute approximate surface area is 247 Å². The van der Waals surface area contributed by atoms with Gasteiger partial charge >= 0.3 is 19.8 Å². The Morgan fingerprint density at radius 2 is 1.34 bits per heavy atom. The lowest BCUT2D eigenvalue weighted by atomic mass is 10.1. The van der Waals surface area contributed by atoms with E-state index in [1.54, 1.807) is 0 Å². The summed E-state index contributed by atoms with van der Waals surface area (Å²) in [7, 11) is -4.38. The number of carbonyl (C=O) groups is 2. The Bertz CT molecular complexity index is 825. The third-order valence-electron chi connectivity index (χ3n) is 5.73. The average molecular weight is 600 g/mol. The van der Waals surface area contributed by atoms with Crippen molar-refractivity contribution in [1.29, 1.82) is 0 Å². The fourth-order valence-corrected chi connectivity index (χ4v) is 4.27. The topological polar surface area (TPSA) is 134 Å². The molecule has 2 unspecified atom stereocenters. The van der Waals surface area contributed by atoms with Gasteiger partial charge in [-0.1, -0.05) is 94.6 Å². The van der Waals surface area contributed by atoms with E-state index in [0.29, 0.717) is 12.8 Å². The second-order valence-corrected chi connectivity index (χ2v) is 11.0. The first-order chi connectivity index (χ1) is 19.8. The number of unbranched alkanes of at least 4 members (excludes halogenated alkanes) is 6. The van der Waals surface area contributed by atoms with Gasteiger partial charge in [-0.25, -0.2) is 4.57 Å². The lowest BCUT2D eigenvalue weighted by Gasteiger charge is -2.19. The molecular formula is C31H54NO8P. The molecule has 0 heterocycles. The predicted octanol–water partition coefficient (Wildman–Crippen LogP) is 7.26. The molecule has 0 fully saturated rings. The number of hydrogen-bond donors (Lipinski definition) is 2. The first-order valence-electron chi connectivity index (χ1n) is 15.1. The summed E-state index contributed by atoms with van der Waals surface area (Å²) in [5.41, 5.74) is 5.28. The molecule has 0 radical (unpaired) electrons. The molecule has 0 rings (SSSR count). The molecule has 0 bridgehead atoms. The monoisotopic (exact) mass is 599 g/mol. The van der Waals surface area contributed by atoms with Gasteiger partial charge in [0, 0.05) is 19.4 Å². The number of phosphoric ester groups is 1. The standard InChI is InChI=1S/C31H54NO8P/c1-3-5-7-9-11-12-13-14-15-16-18-20-22-24-31(34)40-29(28-39-41(35,36)38-26-25-32)27-37-30(33)23-21-19-17-10-8-6-4-2/h6,8,14-15,17-20,29H,3-5,7,9-13,16,21-28,32H2,1-2H3,(H,35,36)/b8-6+,15-14+,19-17+,20-18+. The van der Waals surface area contributed by atoms with Gasteiger partial charge in [0.2, 0.25) is 0 Å². The van der Waals surface area contributed by atoms with Crippen LogP contribution in [0.4, 0.5) is 0 Å². The molecule has 0 aliphatic rings. The first kappa shape index (κ1) is 39.0. The fourth-order valence-electron chi connectivity index (χ4n) is 3.51. The Kier molecular flexibility index (Phi) is 26.7. The molecule has 0 saturated heterocycles. The highest BCUT2D eigenvalue weighted by Gasteiger charge is 2.25. The molecular weight excluding hydrogens is 545 g/mol. The third kappa shape index (κ3) is 27.9. The molecule has 41 heavy (non-hydrogen) atoms. The van der Waals surface area contributed by atoms with Crippen LogP contribution >= 0.6 is 7.82 Å². The summed E-state index contributed by atoms with van der Waals surface area (Å²) in [6.07, 6.45) is 27.8. The molecule has 0 aromatic heterocycles. The normalized spacial score (nSPS) is 14.3. The molecule has 0 saturated carbocycles. The van der Waals surface area contributed by atoms with Crippen LogP contribution in [0.15, 0.2) is 48.6 Å². The van der Waals surface area contributed by atoms with Gasteiger partial charge in [0.05, 0.1) is 13.2 Å². The molecule has 0 aromatic carbocycles. The number of allylic oxidation sites excluding steroid dienone is 8. The molecule has 236 valence electrons. The van der Waals surface area contributed by atoms with Crippen molar-refractivity contribution in [2.75, 3.05) is 26.4 Å². The van der Waals surface area contributed by atoms with Crippen LogP contribution in [0.2, 0.25) is 0 Å². The van der Waals surface area contributed by atoms with Gasteiger partial charge in [-0.3, -0.25) is 18.6 Å². The highest BCUT2D eigenvalue weighted by atomic mass is 31.2. The number of nitrogens with two attached hydrogens (primary N) is 1. The van der Waals surface area contributed by atoms with Crippen molar-refractivity contribution < 1.29 is 37.6 Å². The Morgan fingerprint density at radius 1 is 0.756 bits per heavy atom. The van der Waals surface area contributed by atoms with Crippen LogP contribution in [0, 0.1) is 0 Å². The van der Waals surface area contributed by atoms with E-state index in [0.717, 1.165) is 25.7 Å². The van der Waals surface area contributed by atoms with Gasteiger partial charge in [-0.2, -0.15) is 0 Å². The summed E-state index contributed by atoms with van der Waals surface area (Å²) in [5, 5.41) is 0. The van der Waals surface area contributed by atoms with Gasteiger partial charge in [0.25, 0.3) is 0 Å². The van der Waals surface area contributed by atoms with Crippen LogP contribution < -0.4 is 5.73 Å². The zero-order chi connectivity index (χ0) is 30.4. The zero-order valence-electron chi connectivity index (χ0n) is 25.3. The minimum Gasteiger partial charge on any atom is -0.462 e. The van der Waals surface area contributed by atoms with Gasteiger partial charge in [-0.15, -0.1) is 0 Å². The van der Waals surface area contributed by atoms with E-state index in [1.165, 1.54) is 38.5 Å². The first-order valence-corrected chi connectivity index (χ1v) is 16.6. The van der Waals surface area contributed by atoms with Crippen molar-refractivity contribution in [2.45, 2.75) is 110 Å². The van der Waals surface area contributed by atoms with Crippen LogP contribution in [-0.2, 0) is 32.7 Å². The predicted molar refractivity (Wildman–Crippen MR) is 164 cm³/mol. The molecule has 0 spiro atoms. The third-order valence-corrected chi connectivity index (χ3v) is 6.71. The van der Waals surface area contributed by atoms with E-state index < -0.39 is 32.5 Å². The highest BCUT2D eigenvalue weighted by Crippen LogP contribution is 2.43. The number of ether oxygens (including phenoxy) is 2. The molecule has 9 nitrogen and oxygen atoms in total. The summed E-state index contributed by atoms with van der Waals surface area (Å²) in [5.74, 6) is -1.00. The van der Waals surface area contributed by atoms with Gasteiger partial charge in [-0.05, 0) is 44.9 Å². The Morgan fingerprint density at radius 3 is 1.98 bits per heavy atom. The number of hydrogen-bond acceptors (Lipinski definition) is 8. The second kappa shape index (κ2) is 28.1. The SMILES string of the molecule is CC/C=C/C/C=C/CCC(=O)OCC(COP(=O)(O)OCCN)OC(=O)CC/C=C/C/C=C/CCCCCCCC. The smallest absolute Gasteiger partial charge is 0.462 e. The fraction of sp³-hybridized carbons (Fsp3) is 0.677. The molecule has 0 amide bonds. The summed E-state index contributed by atoms with van der Waals surface area (Å²) in [4.78, 5) is 34.2. The lowest BCUT2D eigenvalue weighted by molar-refractivity contribution is -0.161. The highest BCUT2D eigenvalue weighted by molar-refractivity contribution is 7.47. The van der Waals surface area contributed by atoms with Gasteiger partial charge < -0.3 is 20.1 Å². The molecule has 0 aliphatic heterocycles. The van der Waals surface area contributed by atoms with E-state index in [2.05, 4.69) is 38.2 Å². The molecule has 2 atom stereocenters. The molecule has 3 N–H and O–H groups in total. The van der Waals surface area contributed by atoms with Crippen molar-refractivity contribution in [1.82, 2.24) is 0 Å². The second-order valence-electron chi connectivity index (χ2n) is 9.58. The van der Waals surface area contributed by atoms with Crippen LogP contribution in [0.3, 0.4) is 0 Å². The number of esters is 2. The molecule has 0 aromatic rings.